The Bertz CT molecular complexity index is 616. The number of anilines is 1. The topological polar surface area (TPSA) is 55.1 Å². The summed E-state index contributed by atoms with van der Waals surface area (Å²) in [4.78, 5) is 12.1. The third-order valence-electron chi connectivity index (χ3n) is 4.14. The number of hydrogen-bond donors (Lipinski definition) is 2. The molecule has 0 aliphatic heterocycles. The average Bonchev–Trinajstić information content (AvgIpc) is 2.54. The summed E-state index contributed by atoms with van der Waals surface area (Å²) in [5, 5.41) is 3.09. The van der Waals surface area contributed by atoms with Crippen molar-refractivity contribution < 1.29 is 4.79 Å². The zero-order chi connectivity index (χ0) is 15.9. The summed E-state index contributed by atoms with van der Waals surface area (Å²) in [5.74, 6) is 0.352. The third-order valence-corrected chi connectivity index (χ3v) is 4.14. The fourth-order valence-corrected chi connectivity index (χ4v) is 2.51. The molecule has 0 fully saturated rings. The molecular formula is C19H25ClN2O. The van der Waals surface area contributed by atoms with Crippen LogP contribution in [0.2, 0.25) is 0 Å². The lowest BCUT2D eigenvalue weighted by Gasteiger charge is -2.21. The van der Waals surface area contributed by atoms with E-state index < -0.39 is 0 Å². The van der Waals surface area contributed by atoms with E-state index in [0.29, 0.717) is 12.8 Å². The zero-order valence-electron chi connectivity index (χ0n) is 13.7. The Morgan fingerprint density at radius 3 is 2.30 bits per heavy atom. The number of benzene rings is 2. The summed E-state index contributed by atoms with van der Waals surface area (Å²) in [7, 11) is 0. The lowest BCUT2D eigenvalue weighted by Crippen LogP contribution is -2.36. The van der Waals surface area contributed by atoms with Gasteiger partial charge in [0.1, 0.15) is 0 Å². The first-order valence-corrected chi connectivity index (χ1v) is 7.75. The largest absolute Gasteiger partial charge is 0.399 e. The van der Waals surface area contributed by atoms with E-state index >= 15 is 0 Å². The summed E-state index contributed by atoms with van der Waals surface area (Å²) in [5.41, 5.74) is 8.92. The highest BCUT2D eigenvalue weighted by Gasteiger charge is 2.16. The summed E-state index contributed by atoms with van der Waals surface area (Å²) in [6.45, 7) is 4.18. The molecule has 2 rings (SSSR count). The van der Waals surface area contributed by atoms with Crippen LogP contribution in [-0.4, -0.2) is 11.9 Å². The Morgan fingerprint density at radius 2 is 1.65 bits per heavy atom. The number of amides is 1. The number of carbonyl (C=O) groups is 1. The quantitative estimate of drug-likeness (QED) is 0.787. The van der Waals surface area contributed by atoms with Crippen molar-refractivity contribution in [2.75, 3.05) is 5.73 Å². The number of hydrogen-bond acceptors (Lipinski definition) is 2. The van der Waals surface area contributed by atoms with Gasteiger partial charge in [-0.2, -0.15) is 0 Å². The molecule has 4 heteroatoms. The van der Waals surface area contributed by atoms with Gasteiger partial charge in [-0.05, 0) is 30.5 Å². The highest BCUT2D eigenvalue weighted by Crippen LogP contribution is 2.19. The van der Waals surface area contributed by atoms with Crippen LogP contribution in [0, 0.1) is 0 Å². The summed E-state index contributed by atoms with van der Waals surface area (Å²) >= 11 is 0. The van der Waals surface area contributed by atoms with Crippen LogP contribution in [0.1, 0.15) is 37.3 Å². The molecule has 0 aliphatic carbocycles. The number of nitrogen functional groups attached to an aromatic ring is 1. The predicted octanol–water partition coefficient (Wildman–Crippen LogP) is 3.93. The van der Waals surface area contributed by atoms with Crippen LogP contribution in [0.5, 0.6) is 0 Å². The molecule has 0 aliphatic rings. The van der Waals surface area contributed by atoms with Crippen LogP contribution < -0.4 is 11.1 Å². The van der Waals surface area contributed by atoms with Crippen LogP contribution in [0.3, 0.4) is 0 Å². The van der Waals surface area contributed by atoms with Crippen molar-refractivity contribution in [2.24, 2.45) is 0 Å². The Hall–Kier alpha value is -2.00. The molecule has 124 valence electrons. The van der Waals surface area contributed by atoms with E-state index in [1.54, 1.807) is 0 Å². The Kier molecular flexibility index (Phi) is 7.63. The number of halogens is 1. The van der Waals surface area contributed by atoms with Gasteiger partial charge in [0.15, 0.2) is 0 Å². The molecule has 3 nitrogen and oxygen atoms in total. The van der Waals surface area contributed by atoms with Gasteiger partial charge < -0.3 is 11.1 Å². The van der Waals surface area contributed by atoms with Gasteiger partial charge in [0.2, 0.25) is 5.91 Å². The standard InChI is InChI=1S/C19H24N2O.ClH/c1-14(16-8-4-3-5-9-16)15(2)21-19(22)13-12-17-10-6-7-11-18(17)20;/h3-11,14-15H,12-13,20H2,1-2H3,(H,21,22);1H. The minimum atomic E-state index is 0. The second-order valence-electron chi connectivity index (χ2n) is 5.75. The Labute approximate surface area is 144 Å². The molecule has 0 aromatic heterocycles. The second kappa shape index (κ2) is 9.21. The van der Waals surface area contributed by atoms with E-state index in [1.165, 1.54) is 5.56 Å². The smallest absolute Gasteiger partial charge is 0.220 e. The first-order valence-electron chi connectivity index (χ1n) is 7.75. The molecule has 3 N–H and O–H groups in total. The highest BCUT2D eigenvalue weighted by molar-refractivity contribution is 5.85. The highest BCUT2D eigenvalue weighted by atomic mass is 35.5. The number of para-hydroxylation sites is 1. The molecule has 23 heavy (non-hydrogen) atoms. The monoisotopic (exact) mass is 332 g/mol. The van der Waals surface area contributed by atoms with Gasteiger partial charge in [0, 0.05) is 24.1 Å². The van der Waals surface area contributed by atoms with E-state index in [0.717, 1.165) is 11.3 Å². The van der Waals surface area contributed by atoms with E-state index in [1.807, 2.05) is 49.4 Å². The van der Waals surface area contributed by atoms with Crippen molar-refractivity contribution in [2.45, 2.75) is 38.6 Å². The van der Waals surface area contributed by atoms with Crippen molar-refractivity contribution in [1.82, 2.24) is 5.32 Å². The third kappa shape index (κ3) is 5.61. The minimum absolute atomic E-state index is 0. The van der Waals surface area contributed by atoms with Gasteiger partial charge in [-0.25, -0.2) is 0 Å². The maximum atomic E-state index is 12.1. The first-order chi connectivity index (χ1) is 10.6. The Balaban J connectivity index is 0.00000264. The molecule has 0 bridgehead atoms. The molecule has 0 radical (unpaired) electrons. The molecule has 0 heterocycles. The van der Waals surface area contributed by atoms with Gasteiger partial charge in [-0.1, -0.05) is 55.5 Å². The van der Waals surface area contributed by atoms with Crippen molar-refractivity contribution >= 4 is 24.0 Å². The minimum Gasteiger partial charge on any atom is -0.399 e. The zero-order valence-corrected chi connectivity index (χ0v) is 14.5. The SMILES string of the molecule is CC(NC(=O)CCc1ccccc1N)C(C)c1ccccc1.Cl. The molecule has 2 aromatic carbocycles. The molecule has 2 aromatic rings. The first kappa shape index (κ1) is 19.0. The van der Waals surface area contributed by atoms with Crippen LogP contribution >= 0.6 is 12.4 Å². The van der Waals surface area contributed by atoms with Crippen molar-refractivity contribution in [1.29, 1.82) is 0 Å². The summed E-state index contributed by atoms with van der Waals surface area (Å²) in [6, 6.07) is 18.0. The maximum absolute atomic E-state index is 12.1. The molecule has 1 amide bonds. The molecular weight excluding hydrogens is 308 g/mol. The molecule has 0 saturated heterocycles. The summed E-state index contributed by atoms with van der Waals surface area (Å²) < 4.78 is 0. The van der Waals surface area contributed by atoms with Gasteiger partial charge >= 0.3 is 0 Å². The van der Waals surface area contributed by atoms with Gasteiger partial charge in [0.25, 0.3) is 0 Å². The Morgan fingerprint density at radius 1 is 1.04 bits per heavy atom. The number of carbonyl (C=O) groups excluding carboxylic acids is 1. The van der Waals surface area contributed by atoms with Crippen molar-refractivity contribution in [3.05, 3.63) is 65.7 Å². The normalized spacial score (nSPS) is 12.8. The van der Waals surface area contributed by atoms with Crippen molar-refractivity contribution in [3.63, 3.8) is 0 Å². The average molecular weight is 333 g/mol. The molecule has 2 unspecified atom stereocenters. The maximum Gasteiger partial charge on any atom is 0.220 e. The van der Waals surface area contributed by atoms with E-state index in [-0.39, 0.29) is 30.3 Å². The van der Waals surface area contributed by atoms with Crippen LogP contribution in [0.4, 0.5) is 5.69 Å². The van der Waals surface area contributed by atoms with E-state index in [2.05, 4.69) is 24.4 Å². The molecule has 0 saturated carbocycles. The fraction of sp³-hybridized carbons (Fsp3) is 0.316. The van der Waals surface area contributed by atoms with E-state index in [9.17, 15) is 4.79 Å². The predicted molar refractivity (Wildman–Crippen MR) is 98.9 cm³/mol. The molecule has 0 spiro atoms. The molecule has 2 atom stereocenters. The fourth-order valence-electron chi connectivity index (χ4n) is 2.51. The van der Waals surface area contributed by atoms with Crippen molar-refractivity contribution in [3.8, 4) is 0 Å². The van der Waals surface area contributed by atoms with Gasteiger partial charge in [-0.3, -0.25) is 4.79 Å². The lowest BCUT2D eigenvalue weighted by molar-refractivity contribution is -0.121. The number of aryl methyl sites for hydroxylation is 1. The van der Waals surface area contributed by atoms with Crippen LogP contribution in [0.15, 0.2) is 54.6 Å². The van der Waals surface area contributed by atoms with Crippen LogP contribution in [0.25, 0.3) is 0 Å². The second-order valence-corrected chi connectivity index (χ2v) is 5.75. The van der Waals surface area contributed by atoms with E-state index in [4.69, 9.17) is 5.73 Å². The number of nitrogens with two attached hydrogens (primary N) is 1. The van der Waals surface area contributed by atoms with Crippen LogP contribution in [-0.2, 0) is 11.2 Å². The number of nitrogens with one attached hydrogen (secondary N) is 1. The van der Waals surface area contributed by atoms with Gasteiger partial charge in [-0.15, -0.1) is 12.4 Å². The summed E-state index contributed by atoms with van der Waals surface area (Å²) in [6.07, 6.45) is 1.13. The van der Waals surface area contributed by atoms with Gasteiger partial charge in [0.05, 0.1) is 0 Å². The number of rotatable bonds is 6. The lowest BCUT2D eigenvalue weighted by atomic mass is 9.94.